The summed E-state index contributed by atoms with van der Waals surface area (Å²) in [6.07, 6.45) is 2.36. The Kier molecular flexibility index (Phi) is 5.76. The molecule has 0 bridgehead atoms. The third-order valence-electron chi connectivity index (χ3n) is 5.51. The molecule has 1 aromatic carbocycles. The Hall–Kier alpha value is -3.26. The molecule has 30 heavy (non-hydrogen) atoms. The van der Waals surface area contributed by atoms with Crippen LogP contribution in [0.3, 0.4) is 0 Å². The van der Waals surface area contributed by atoms with E-state index in [1.54, 1.807) is 4.90 Å². The van der Waals surface area contributed by atoms with E-state index in [0.717, 1.165) is 35.5 Å². The smallest absolute Gasteiger partial charge is 0.255 e. The van der Waals surface area contributed by atoms with Crippen molar-refractivity contribution in [1.82, 2.24) is 15.2 Å². The fraction of sp³-hybridized carbons (Fsp3) is 0.364. The van der Waals surface area contributed by atoms with Crippen molar-refractivity contribution >= 4 is 23.5 Å². The van der Waals surface area contributed by atoms with Gasteiger partial charge in [0.25, 0.3) is 5.91 Å². The highest BCUT2D eigenvalue weighted by Gasteiger charge is 2.39. The Morgan fingerprint density at radius 3 is 2.87 bits per heavy atom. The van der Waals surface area contributed by atoms with Crippen LogP contribution in [0.5, 0.6) is 0 Å². The molecule has 4 N–H and O–H groups in total. The number of imide groups is 1. The lowest BCUT2D eigenvalue weighted by molar-refractivity contribution is -0.136. The standard InChI is InChI=1S/C22H25N5O3/c23-10-2-4-16-3-1-5-19(25-16)24-12-14-6-7-15-13-27(22(30)17(15)11-14)18-8-9-20(28)26-21(18)29/h1,3,5-7,11,18H,2,4,8-10,12-13,23H2,(H,24,25)(H,26,28,29). The number of hydrogen-bond acceptors (Lipinski definition) is 6. The number of carbonyl (C=O) groups excluding carboxylic acids is 3. The molecule has 2 aliphatic heterocycles. The van der Waals surface area contributed by atoms with E-state index >= 15 is 0 Å². The number of piperidine rings is 1. The van der Waals surface area contributed by atoms with Crippen molar-refractivity contribution < 1.29 is 14.4 Å². The Balaban J connectivity index is 1.42. The minimum absolute atomic E-state index is 0.164. The number of pyridine rings is 1. The van der Waals surface area contributed by atoms with Gasteiger partial charge in [-0.3, -0.25) is 19.7 Å². The molecule has 156 valence electrons. The van der Waals surface area contributed by atoms with Gasteiger partial charge in [0.15, 0.2) is 0 Å². The second-order valence-electron chi connectivity index (χ2n) is 7.65. The highest BCUT2D eigenvalue weighted by atomic mass is 16.2. The molecule has 0 spiro atoms. The van der Waals surface area contributed by atoms with E-state index in [1.165, 1.54) is 0 Å². The molecule has 2 aliphatic rings. The molecule has 3 amide bonds. The summed E-state index contributed by atoms with van der Waals surface area (Å²) in [4.78, 5) is 42.6. The van der Waals surface area contributed by atoms with Gasteiger partial charge in [0.1, 0.15) is 11.9 Å². The van der Waals surface area contributed by atoms with Crippen molar-refractivity contribution in [3.63, 3.8) is 0 Å². The summed E-state index contributed by atoms with van der Waals surface area (Å²) in [5.41, 5.74) is 9.03. The summed E-state index contributed by atoms with van der Waals surface area (Å²) in [5, 5.41) is 5.63. The summed E-state index contributed by atoms with van der Waals surface area (Å²) < 4.78 is 0. The zero-order valence-electron chi connectivity index (χ0n) is 16.7. The van der Waals surface area contributed by atoms with Crippen LogP contribution in [0, 0.1) is 0 Å². The molecule has 0 saturated carbocycles. The third kappa shape index (κ3) is 4.18. The van der Waals surface area contributed by atoms with Gasteiger partial charge in [-0.1, -0.05) is 18.2 Å². The number of aromatic nitrogens is 1. The van der Waals surface area contributed by atoms with Gasteiger partial charge in [-0.25, -0.2) is 4.98 Å². The fourth-order valence-electron chi connectivity index (χ4n) is 3.90. The number of rotatable bonds is 7. The van der Waals surface area contributed by atoms with E-state index < -0.39 is 11.9 Å². The molecule has 3 heterocycles. The lowest BCUT2D eigenvalue weighted by Gasteiger charge is -2.29. The Morgan fingerprint density at radius 1 is 1.20 bits per heavy atom. The number of carbonyl (C=O) groups is 3. The zero-order chi connectivity index (χ0) is 21.1. The van der Waals surface area contributed by atoms with E-state index in [0.29, 0.717) is 31.6 Å². The highest BCUT2D eigenvalue weighted by molar-refractivity contribution is 6.05. The predicted molar refractivity (Wildman–Crippen MR) is 111 cm³/mol. The van der Waals surface area contributed by atoms with Crippen LogP contribution < -0.4 is 16.4 Å². The predicted octanol–water partition coefficient (Wildman–Crippen LogP) is 1.35. The van der Waals surface area contributed by atoms with Gasteiger partial charge in [-0.15, -0.1) is 0 Å². The Morgan fingerprint density at radius 2 is 2.07 bits per heavy atom. The number of nitrogens with zero attached hydrogens (tertiary/aromatic N) is 2. The van der Waals surface area contributed by atoms with Crippen LogP contribution >= 0.6 is 0 Å². The molecule has 0 radical (unpaired) electrons. The van der Waals surface area contributed by atoms with E-state index in [1.807, 2.05) is 36.4 Å². The molecule has 1 unspecified atom stereocenters. The minimum Gasteiger partial charge on any atom is -0.366 e. The number of anilines is 1. The molecule has 1 saturated heterocycles. The van der Waals surface area contributed by atoms with Crippen LogP contribution in [0.15, 0.2) is 36.4 Å². The quantitative estimate of drug-likeness (QED) is 0.597. The molecule has 1 fully saturated rings. The second kappa shape index (κ2) is 8.62. The number of hydrogen-bond donors (Lipinski definition) is 3. The van der Waals surface area contributed by atoms with Crippen molar-refractivity contribution in [3.05, 3.63) is 58.8 Å². The van der Waals surface area contributed by atoms with Gasteiger partial charge < -0.3 is 16.0 Å². The molecule has 0 aliphatic carbocycles. The van der Waals surface area contributed by atoms with Gasteiger partial charge >= 0.3 is 0 Å². The molecular formula is C22H25N5O3. The first-order chi connectivity index (χ1) is 14.5. The van der Waals surface area contributed by atoms with Gasteiger partial charge in [0, 0.05) is 30.8 Å². The van der Waals surface area contributed by atoms with Crippen molar-refractivity contribution in [1.29, 1.82) is 0 Å². The first-order valence-electron chi connectivity index (χ1n) is 10.2. The SMILES string of the molecule is NCCCc1cccc(NCc2ccc3c(c2)C(=O)N(C2CCC(=O)NC2=O)C3)n1. The average molecular weight is 407 g/mol. The van der Waals surface area contributed by atoms with Gasteiger partial charge in [0.05, 0.1) is 0 Å². The first-order valence-corrected chi connectivity index (χ1v) is 10.2. The summed E-state index contributed by atoms with van der Waals surface area (Å²) in [6, 6.07) is 11.0. The zero-order valence-corrected chi connectivity index (χ0v) is 16.7. The third-order valence-corrected chi connectivity index (χ3v) is 5.51. The molecule has 4 rings (SSSR count). The van der Waals surface area contributed by atoms with Crippen molar-refractivity contribution in [3.8, 4) is 0 Å². The summed E-state index contributed by atoms with van der Waals surface area (Å²) in [7, 11) is 0. The number of benzene rings is 1. The summed E-state index contributed by atoms with van der Waals surface area (Å²) in [5.74, 6) is -0.0610. The second-order valence-corrected chi connectivity index (χ2v) is 7.65. The normalized spacial score (nSPS) is 18.4. The number of nitrogens with two attached hydrogens (primary N) is 1. The maximum atomic E-state index is 12.9. The lowest BCUT2D eigenvalue weighted by Crippen LogP contribution is -2.52. The van der Waals surface area contributed by atoms with E-state index in [-0.39, 0.29) is 18.2 Å². The van der Waals surface area contributed by atoms with Gasteiger partial charge in [0.2, 0.25) is 11.8 Å². The number of aryl methyl sites for hydroxylation is 1. The van der Waals surface area contributed by atoms with Crippen molar-refractivity contribution in [2.75, 3.05) is 11.9 Å². The van der Waals surface area contributed by atoms with Crippen LogP contribution in [0.4, 0.5) is 5.82 Å². The molecule has 8 nitrogen and oxygen atoms in total. The summed E-state index contributed by atoms with van der Waals surface area (Å²) in [6.45, 7) is 1.56. The summed E-state index contributed by atoms with van der Waals surface area (Å²) >= 11 is 0. The van der Waals surface area contributed by atoms with E-state index in [4.69, 9.17) is 5.73 Å². The van der Waals surface area contributed by atoms with Crippen LogP contribution in [0.25, 0.3) is 0 Å². The lowest BCUT2D eigenvalue weighted by atomic mass is 10.0. The van der Waals surface area contributed by atoms with Crippen LogP contribution in [0.2, 0.25) is 0 Å². The highest BCUT2D eigenvalue weighted by Crippen LogP contribution is 2.28. The number of amides is 3. The number of fused-ring (bicyclic) bond motifs is 1. The van der Waals surface area contributed by atoms with Crippen LogP contribution in [0.1, 0.15) is 46.4 Å². The maximum absolute atomic E-state index is 12.9. The van der Waals surface area contributed by atoms with E-state index in [2.05, 4.69) is 15.6 Å². The Labute approximate surface area is 174 Å². The average Bonchev–Trinajstić information content (AvgIpc) is 3.07. The van der Waals surface area contributed by atoms with Crippen molar-refractivity contribution in [2.24, 2.45) is 5.73 Å². The number of nitrogens with one attached hydrogen (secondary N) is 2. The molecule has 1 atom stereocenters. The first kappa shape index (κ1) is 20.0. The maximum Gasteiger partial charge on any atom is 0.255 e. The molecule has 1 aromatic heterocycles. The largest absolute Gasteiger partial charge is 0.366 e. The monoisotopic (exact) mass is 407 g/mol. The minimum atomic E-state index is -0.593. The van der Waals surface area contributed by atoms with Gasteiger partial charge in [-0.2, -0.15) is 0 Å². The molecular weight excluding hydrogens is 382 g/mol. The van der Waals surface area contributed by atoms with E-state index in [9.17, 15) is 14.4 Å². The van der Waals surface area contributed by atoms with Gasteiger partial charge in [-0.05, 0) is 55.1 Å². The van der Waals surface area contributed by atoms with Crippen LogP contribution in [-0.4, -0.2) is 40.2 Å². The van der Waals surface area contributed by atoms with Crippen LogP contribution in [-0.2, 0) is 29.1 Å². The molecule has 8 heteroatoms. The van der Waals surface area contributed by atoms with Crippen molar-refractivity contribution in [2.45, 2.75) is 44.8 Å². The fourth-order valence-corrected chi connectivity index (χ4v) is 3.90. The Bertz CT molecular complexity index is 990. The molecule has 2 aromatic rings. The topological polar surface area (TPSA) is 117 Å².